The van der Waals surface area contributed by atoms with Gasteiger partial charge in [-0.05, 0) is 26.3 Å². The smallest absolute Gasteiger partial charge is 0.341 e. The first-order valence-corrected chi connectivity index (χ1v) is 7.66. The highest BCUT2D eigenvalue weighted by atomic mass is 32.1. The highest BCUT2D eigenvalue weighted by molar-refractivity contribution is 7.15. The van der Waals surface area contributed by atoms with E-state index in [1.165, 1.54) is 16.0 Å². The van der Waals surface area contributed by atoms with Crippen LogP contribution in [0.5, 0.6) is 0 Å². The van der Waals surface area contributed by atoms with Crippen molar-refractivity contribution in [2.45, 2.75) is 33.6 Å². The molecule has 0 aliphatic carbocycles. The van der Waals surface area contributed by atoms with Gasteiger partial charge in [0.05, 0.1) is 30.5 Å². The molecule has 1 N–H and O–H groups in total. The van der Waals surface area contributed by atoms with Crippen molar-refractivity contribution in [3.05, 3.63) is 27.9 Å². The third kappa shape index (κ3) is 3.33. The number of nitrogens with zero attached hydrogens (tertiary/aromatic N) is 3. The fourth-order valence-corrected chi connectivity index (χ4v) is 3.03. The molecule has 0 bridgehead atoms. The van der Waals surface area contributed by atoms with Gasteiger partial charge in [-0.1, -0.05) is 5.21 Å². The third-order valence-electron chi connectivity index (χ3n) is 3.19. The average molecular weight is 323 g/mol. The van der Waals surface area contributed by atoms with Crippen LogP contribution in [0.4, 0.5) is 0 Å². The summed E-state index contributed by atoms with van der Waals surface area (Å²) >= 11 is 1.43. The van der Waals surface area contributed by atoms with Crippen LogP contribution in [0.15, 0.2) is 6.20 Å². The molecule has 2 aromatic rings. The topological polar surface area (TPSA) is 94.3 Å². The molecule has 0 aromatic carbocycles. The van der Waals surface area contributed by atoms with Crippen LogP contribution in [-0.4, -0.2) is 38.6 Å². The molecule has 7 nitrogen and oxygen atoms in total. The SMILES string of the molecule is CCOC(=O)c1c(-n2cc(CCC(=O)O)nn2)sc(C)c1C. The van der Waals surface area contributed by atoms with Crippen molar-refractivity contribution >= 4 is 23.3 Å². The van der Waals surface area contributed by atoms with Crippen molar-refractivity contribution in [3.63, 3.8) is 0 Å². The summed E-state index contributed by atoms with van der Waals surface area (Å²) < 4.78 is 6.61. The van der Waals surface area contributed by atoms with Crippen LogP contribution in [0.2, 0.25) is 0 Å². The van der Waals surface area contributed by atoms with Gasteiger partial charge < -0.3 is 9.84 Å². The predicted molar refractivity (Wildman–Crippen MR) is 80.6 cm³/mol. The van der Waals surface area contributed by atoms with Gasteiger partial charge in [-0.3, -0.25) is 4.79 Å². The first-order chi connectivity index (χ1) is 10.4. The van der Waals surface area contributed by atoms with Gasteiger partial charge in [0.25, 0.3) is 0 Å². The van der Waals surface area contributed by atoms with Crippen LogP contribution in [0.3, 0.4) is 0 Å². The van der Waals surface area contributed by atoms with Crippen LogP contribution in [-0.2, 0) is 16.0 Å². The third-order valence-corrected chi connectivity index (χ3v) is 4.39. The molecule has 0 saturated carbocycles. The lowest BCUT2D eigenvalue weighted by Crippen LogP contribution is -2.09. The van der Waals surface area contributed by atoms with E-state index in [1.54, 1.807) is 13.1 Å². The Bertz CT molecular complexity index is 705. The Labute approximate surface area is 131 Å². The second-order valence-electron chi connectivity index (χ2n) is 4.73. The van der Waals surface area contributed by atoms with E-state index in [4.69, 9.17) is 9.84 Å². The maximum absolute atomic E-state index is 12.1. The molecule has 0 spiro atoms. The zero-order valence-corrected chi connectivity index (χ0v) is 13.4. The summed E-state index contributed by atoms with van der Waals surface area (Å²) in [6, 6.07) is 0. The van der Waals surface area contributed by atoms with Gasteiger partial charge in [0.15, 0.2) is 0 Å². The van der Waals surface area contributed by atoms with Crippen LogP contribution >= 0.6 is 11.3 Å². The Balaban J connectivity index is 2.34. The molecule has 118 valence electrons. The molecule has 22 heavy (non-hydrogen) atoms. The summed E-state index contributed by atoms with van der Waals surface area (Å²) in [5.74, 6) is -1.27. The van der Waals surface area contributed by atoms with Crippen molar-refractivity contribution in [2.24, 2.45) is 0 Å². The van der Waals surface area contributed by atoms with Crippen LogP contribution in [0.1, 0.15) is 39.8 Å². The van der Waals surface area contributed by atoms with Gasteiger partial charge in [0.2, 0.25) is 0 Å². The van der Waals surface area contributed by atoms with E-state index in [1.807, 2.05) is 13.8 Å². The number of carboxylic acids is 1. The number of carboxylic acid groups (broad SMARTS) is 1. The molecule has 0 amide bonds. The molecule has 2 heterocycles. The quantitative estimate of drug-likeness (QED) is 0.818. The molecule has 0 aliphatic heterocycles. The molecule has 2 aromatic heterocycles. The Morgan fingerprint density at radius 3 is 2.77 bits per heavy atom. The number of rotatable bonds is 6. The summed E-state index contributed by atoms with van der Waals surface area (Å²) in [5.41, 5.74) is 1.92. The monoisotopic (exact) mass is 323 g/mol. The zero-order valence-electron chi connectivity index (χ0n) is 12.6. The minimum absolute atomic E-state index is 0.00801. The van der Waals surface area contributed by atoms with E-state index in [0.717, 1.165) is 10.4 Å². The van der Waals surface area contributed by atoms with E-state index in [9.17, 15) is 9.59 Å². The van der Waals surface area contributed by atoms with Gasteiger partial charge in [-0.2, -0.15) is 0 Å². The number of carbonyl (C=O) groups is 2. The number of carbonyl (C=O) groups excluding carboxylic acids is 1. The maximum Gasteiger partial charge on any atom is 0.341 e. The number of esters is 1. The lowest BCUT2D eigenvalue weighted by Gasteiger charge is -2.04. The highest BCUT2D eigenvalue weighted by Gasteiger charge is 2.22. The van der Waals surface area contributed by atoms with Crippen LogP contribution < -0.4 is 0 Å². The lowest BCUT2D eigenvalue weighted by atomic mass is 10.1. The van der Waals surface area contributed by atoms with E-state index in [0.29, 0.717) is 29.3 Å². The summed E-state index contributed by atoms with van der Waals surface area (Å²) in [7, 11) is 0. The Morgan fingerprint density at radius 1 is 1.41 bits per heavy atom. The van der Waals surface area contributed by atoms with Gasteiger partial charge in [0.1, 0.15) is 5.00 Å². The maximum atomic E-state index is 12.1. The van der Waals surface area contributed by atoms with Gasteiger partial charge in [0, 0.05) is 11.3 Å². The minimum Gasteiger partial charge on any atom is -0.481 e. The number of ether oxygens (including phenoxy) is 1. The van der Waals surface area contributed by atoms with E-state index in [2.05, 4.69) is 10.3 Å². The normalized spacial score (nSPS) is 10.7. The van der Waals surface area contributed by atoms with Crippen molar-refractivity contribution < 1.29 is 19.4 Å². The second kappa shape index (κ2) is 6.69. The summed E-state index contributed by atoms with van der Waals surface area (Å²) in [5, 5.41) is 17.3. The molecule has 0 unspecified atom stereocenters. The molecule has 0 aliphatic rings. The second-order valence-corrected chi connectivity index (χ2v) is 5.94. The van der Waals surface area contributed by atoms with Crippen LogP contribution in [0.25, 0.3) is 5.00 Å². The number of hydrogen-bond donors (Lipinski definition) is 1. The number of aryl methyl sites for hydroxylation is 2. The molecular weight excluding hydrogens is 306 g/mol. The summed E-state index contributed by atoms with van der Waals surface area (Å²) in [4.78, 5) is 23.7. The Morgan fingerprint density at radius 2 is 2.14 bits per heavy atom. The van der Waals surface area contributed by atoms with Gasteiger partial charge in [-0.15, -0.1) is 16.4 Å². The van der Waals surface area contributed by atoms with E-state index in [-0.39, 0.29) is 12.4 Å². The molecule has 0 radical (unpaired) electrons. The molecular formula is C14H17N3O4S. The van der Waals surface area contributed by atoms with Crippen molar-refractivity contribution in [2.75, 3.05) is 6.61 Å². The minimum atomic E-state index is -0.885. The van der Waals surface area contributed by atoms with E-state index < -0.39 is 5.97 Å². The zero-order chi connectivity index (χ0) is 16.3. The summed E-state index contributed by atoms with van der Waals surface area (Å²) in [6.45, 7) is 5.85. The fraction of sp³-hybridized carbons (Fsp3) is 0.429. The molecule has 2 rings (SSSR count). The number of aromatic nitrogens is 3. The predicted octanol–water partition coefficient (Wildman–Crippen LogP) is 2.14. The molecule has 0 atom stereocenters. The molecule has 8 heteroatoms. The highest BCUT2D eigenvalue weighted by Crippen LogP contribution is 2.31. The average Bonchev–Trinajstić information content (AvgIpc) is 3.03. The first-order valence-electron chi connectivity index (χ1n) is 6.84. The number of thiophene rings is 1. The standard InChI is InChI=1S/C14H17N3O4S/c1-4-21-14(20)12-8(2)9(3)22-13(12)17-7-10(15-16-17)5-6-11(18)19/h7H,4-6H2,1-3H3,(H,18,19). The van der Waals surface area contributed by atoms with Crippen molar-refractivity contribution in [1.29, 1.82) is 0 Å². The van der Waals surface area contributed by atoms with Gasteiger partial charge in [-0.25, -0.2) is 9.48 Å². The fourth-order valence-electron chi connectivity index (χ4n) is 1.96. The van der Waals surface area contributed by atoms with Gasteiger partial charge >= 0.3 is 11.9 Å². The first kappa shape index (κ1) is 16.2. The molecule has 0 saturated heterocycles. The van der Waals surface area contributed by atoms with Crippen molar-refractivity contribution in [3.8, 4) is 5.00 Å². The summed E-state index contributed by atoms with van der Waals surface area (Å²) in [6.07, 6.45) is 1.94. The van der Waals surface area contributed by atoms with Crippen LogP contribution in [0, 0.1) is 13.8 Å². The number of hydrogen-bond acceptors (Lipinski definition) is 6. The number of aliphatic carboxylic acids is 1. The van der Waals surface area contributed by atoms with Crippen molar-refractivity contribution in [1.82, 2.24) is 15.0 Å². The Kier molecular flexibility index (Phi) is 4.92. The lowest BCUT2D eigenvalue weighted by molar-refractivity contribution is -0.136. The largest absolute Gasteiger partial charge is 0.481 e. The van der Waals surface area contributed by atoms with E-state index >= 15 is 0 Å². The Hall–Kier alpha value is -2.22. The molecule has 0 fully saturated rings.